The zero-order valence-electron chi connectivity index (χ0n) is 17.9. The van der Waals surface area contributed by atoms with Crippen molar-refractivity contribution in [1.29, 1.82) is 0 Å². The smallest absolute Gasteiger partial charge is 0.419 e. The van der Waals surface area contributed by atoms with Crippen molar-refractivity contribution in [3.8, 4) is 11.5 Å². The molecule has 0 aliphatic carbocycles. The van der Waals surface area contributed by atoms with Crippen molar-refractivity contribution in [2.24, 2.45) is 0 Å². The van der Waals surface area contributed by atoms with Gasteiger partial charge in [0.05, 0.1) is 38.3 Å². The predicted molar refractivity (Wildman–Crippen MR) is 121 cm³/mol. The first-order chi connectivity index (χ1) is 15.7. The quantitative estimate of drug-likeness (QED) is 0.304. The molecule has 0 atom stereocenters. The largest absolute Gasteiger partial charge is 0.497 e. The van der Waals surface area contributed by atoms with Gasteiger partial charge < -0.3 is 24.8 Å². The van der Waals surface area contributed by atoms with Crippen molar-refractivity contribution in [3.63, 3.8) is 0 Å². The van der Waals surface area contributed by atoms with E-state index in [4.69, 9.17) is 14.2 Å². The van der Waals surface area contributed by atoms with E-state index in [1.807, 2.05) is 0 Å². The fourth-order valence-corrected chi connectivity index (χ4v) is 4.16. The molecular formula is C20H19F3N4O4S2. The zero-order valence-corrected chi connectivity index (χ0v) is 19.5. The number of nitrogens with zero attached hydrogens (tertiary/aromatic N) is 2. The Morgan fingerprint density at radius 3 is 2.45 bits per heavy atom. The molecule has 0 bridgehead atoms. The number of pyridine rings is 1. The Labute approximate surface area is 195 Å². The number of carbonyl (C=O) groups excluding carboxylic acids is 1. The third-order valence-electron chi connectivity index (χ3n) is 4.29. The molecule has 0 saturated heterocycles. The lowest BCUT2D eigenvalue weighted by atomic mass is 10.2. The van der Waals surface area contributed by atoms with Crippen molar-refractivity contribution < 1.29 is 32.2 Å². The summed E-state index contributed by atoms with van der Waals surface area (Å²) < 4.78 is 56.7. The molecule has 0 unspecified atom stereocenters. The van der Waals surface area contributed by atoms with E-state index in [-0.39, 0.29) is 22.2 Å². The van der Waals surface area contributed by atoms with Gasteiger partial charge in [-0.2, -0.15) is 13.2 Å². The highest BCUT2D eigenvalue weighted by molar-refractivity contribution is 8.00. The summed E-state index contributed by atoms with van der Waals surface area (Å²) in [5, 5.41) is 5.56. The van der Waals surface area contributed by atoms with E-state index >= 15 is 0 Å². The molecule has 33 heavy (non-hydrogen) atoms. The van der Waals surface area contributed by atoms with Crippen LogP contribution in [0.1, 0.15) is 15.2 Å². The molecule has 0 aliphatic heterocycles. The molecule has 0 spiro atoms. The summed E-state index contributed by atoms with van der Waals surface area (Å²) in [7, 11) is 4.14. The summed E-state index contributed by atoms with van der Waals surface area (Å²) in [5.74, 6) is 0.306. The second kappa shape index (κ2) is 10.2. The van der Waals surface area contributed by atoms with Gasteiger partial charge in [-0.1, -0.05) is 23.1 Å². The second-order valence-electron chi connectivity index (χ2n) is 6.28. The Kier molecular flexibility index (Phi) is 7.53. The van der Waals surface area contributed by atoms with Crippen molar-refractivity contribution in [3.05, 3.63) is 40.9 Å². The van der Waals surface area contributed by atoms with E-state index < -0.39 is 17.7 Å². The molecule has 0 aliphatic rings. The average Bonchev–Trinajstić information content (AvgIpc) is 3.21. The van der Waals surface area contributed by atoms with Gasteiger partial charge in [-0.05, 0) is 18.4 Å². The number of carbonyl (C=O) groups is 1. The maximum atomic E-state index is 13.7. The van der Waals surface area contributed by atoms with Gasteiger partial charge in [-0.25, -0.2) is 14.8 Å². The number of esters is 1. The molecule has 2 aromatic heterocycles. The second-order valence-corrected chi connectivity index (χ2v) is 8.33. The van der Waals surface area contributed by atoms with Crippen LogP contribution in [0.4, 0.5) is 36.2 Å². The summed E-state index contributed by atoms with van der Waals surface area (Å²) in [6.07, 6.45) is -2.27. The van der Waals surface area contributed by atoms with Gasteiger partial charge in [0.15, 0.2) is 15.0 Å². The molecule has 3 aromatic rings. The van der Waals surface area contributed by atoms with Crippen molar-refractivity contribution >= 4 is 52.1 Å². The van der Waals surface area contributed by atoms with Gasteiger partial charge in [-0.3, -0.25) is 0 Å². The first-order valence-electron chi connectivity index (χ1n) is 9.16. The van der Waals surface area contributed by atoms with Gasteiger partial charge in [-0.15, -0.1) is 0 Å². The molecule has 2 N–H and O–H groups in total. The lowest BCUT2D eigenvalue weighted by molar-refractivity contribution is -0.137. The zero-order chi connectivity index (χ0) is 24.2. The number of thiazole rings is 1. The van der Waals surface area contributed by atoms with Crippen molar-refractivity contribution in [2.75, 3.05) is 38.2 Å². The summed E-state index contributed by atoms with van der Waals surface area (Å²) >= 11 is 2.27. The molecule has 0 amide bonds. The first-order valence-corrected chi connectivity index (χ1v) is 11.2. The third-order valence-corrected chi connectivity index (χ3v) is 6.31. The molecule has 8 nitrogen and oxygen atoms in total. The predicted octanol–water partition coefficient (Wildman–Crippen LogP) is 5.57. The molecule has 13 heteroatoms. The fourth-order valence-electron chi connectivity index (χ4n) is 2.72. The molecule has 3 rings (SSSR count). The van der Waals surface area contributed by atoms with Crippen LogP contribution in [0.2, 0.25) is 0 Å². The van der Waals surface area contributed by atoms with Crippen LogP contribution >= 0.6 is 23.1 Å². The monoisotopic (exact) mass is 500 g/mol. The van der Waals surface area contributed by atoms with Crippen LogP contribution in [0.25, 0.3) is 0 Å². The number of thioether (sulfide) groups is 1. The maximum Gasteiger partial charge on any atom is 0.419 e. The van der Waals surface area contributed by atoms with Crippen LogP contribution < -0.4 is 20.1 Å². The molecular weight excluding hydrogens is 481 g/mol. The number of anilines is 4. The van der Waals surface area contributed by atoms with E-state index in [0.29, 0.717) is 27.7 Å². The SMILES string of the molecule is COC(=O)c1sc(SC)nc1Nc1cc(Nc2ccc(OC)cc2OC)ncc1C(F)(F)F. The standard InChI is InChI=1S/C20H19F3N4O4S2/c1-29-10-5-6-12(14(7-10)30-2)25-15-8-13(11(9-24-15)20(21,22)23)26-17-16(18(28)31-3)33-19(27-17)32-4/h5-9H,1-4H3,(H2,24,25,26). The van der Waals surface area contributed by atoms with Crippen LogP contribution in [0.15, 0.2) is 34.8 Å². The van der Waals surface area contributed by atoms with Gasteiger partial charge in [0, 0.05) is 18.3 Å². The third kappa shape index (κ3) is 5.60. The van der Waals surface area contributed by atoms with Crippen LogP contribution in [0, 0.1) is 0 Å². The van der Waals surface area contributed by atoms with Gasteiger partial charge >= 0.3 is 12.1 Å². The minimum atomic E-state index is -4.70. The fraction of sp³-hybridized carbons (Fsp3) is 0.250. The van der Waals surface area contributed by atoms with Crippen LogP contribution in [0.5, 0.6) is 11.5 Å². The number of hydrogen-bond acceptors (Lipinski definition) is 10. The summed E-state index contributed by atoms with van der Waals surface area (Å²) in [6, 6.07) is 6.10. The van der Waals surface area contributed by atoms with E-state index in [0.717, 1.165) is 11.3 Å². The Morgan fingerprint density at radius 2 is 1.85 bits per heavy atom. The minimum Gasteiger partial charge on any atom is -0.497 e. The highest BCUT2D eigenvalue weighted by atomic mass is 32.2. The minimum absolute atomic E-state index is 0.0409. The first kappa shape index (κ1) is 24.5. The van der Waals surface area contributed by atoms with E-state index in [2.05, 4.69) is 20.6 Å². The summed E-state index contributed by atoms with van der Waals surface area (Å²) in [4.78, 5) is 20.2. The highest BCUT2D eigenvalue weighted by Gasteiger charge is 2.35. The average molecular weight is 501 g/mol. The summed E-state index contributed by atoms with van der Waals surface area (Å²) in [6.45, 7) is 0. The molecule has 0 saturated carbocycles. The molecule has 176 valence electrons. The number of halogens is 3. The number of benzene rings is 1. The van der Waals surface area contributed by atoms with Gasteiger partial charge in [0.1, 0.15) is 17.3 Å². The normalized spacial score (nSPS) is 11.1. The number of hydrogen-bond donors (Lipinski definition) is 2. The number of rotatable bonds is 8. The summed E-state index contributed by atoms with van der Waals surface area (Å²) in [5.41, 5.74) is -0.898. The lowest BCUT2D eigenvalue weighted by Crippen LogP contribution is -2.12. The van der Waals surface area contributed by atoms with Crippen molar-refractivity contribution in [1.82, 2.24) is 9.97 Å². The lowest BCUT2D eigenvalue weighted by Gasteiger charge is -2.16. The van der Waals surface area contributed by atoms with Crippen molar-refractivity contribution in [2.45, 2.75) is 10.5 Å². The van der Waals surface area contributed by atoms with Crippen LogP contribution in [-0.4, -0.2) is 43.5 Å². The number of ether oxygens (including phenoxy) is 3. The van der Waals surface area contributed by atoms with E-state index in [1.54, 1.807) is 24.5 Å². The number of nitrogens with one attached hydrogen (secondary N) is 2. The van der Waals surface area contributed by atoms with Gasteiger partial charge in [0.25, 0.3) is 0 Å². The Morgan fingerprint density at radius 1 is 1.09 bits per heavy atom. The van der Waals surface area contributed by atoms with E-state index in [1.165, 1.54) is 39.2 Å². The van der Waals surface area contributed by atoms with Crippen LogP contribution in [-0.2, 0) is 10.9 Å². The topological polar surface area (TPSA) is 94.6 Å². The van der Waals surface area contributed by atoms with Crippen LogP contribution in [0.3, 0.4) is 0 Å². The number of aromatic nitrogens is 2. The maximum absolute atomic E-state index is 13.7. The van der Waals surface area contributed by atoms with E-state index in [9.17, 15) is 18.0 Å². The molecule has 0 radical (unpaired) electrons. The Bertz CT molecular complexity index is 1150. The van der Waals surface area contributed by atoms with Gasteiger partial charge in [0.2, 0.25) is 0 Å². The Balaban J connectivity index is 2.02. The Hall–Kier alpha value is -3.19. The number of methoxy groups -OCH3 is 3. The molecule has 2 heterocycles. The molecule has 1 aromatic carbocycles. The number of alkyl halides is 3. The molecule has 0 fully saturated rings. The highest BCUT2D eigenvalue weighted by Crippen LogP contribution is 2.39.